The SMILES string of the molecule is CC1(C)CCc2sc(-c3cc4ccccc4nc3CN)c(C=O)c2C1.CO. The molecule has 4 nitrogen and oxygen atoms in total. The molecule has 5 heteroatoms. The van der Waals surface area contributed by atoms with Crippen LogP contribution in [0.2, 0.25) is 0 Å². The van der Waals surface area contributed by atoms with Crippen molar-refractivity contribution in [1.29, 1.82) is 0 Å². The van der Waals surface area contributed by atoms with Gasteiger partial charge >= 0.3 is 0 Å². The van der Waals surface area contributed by atoms with Crippen LogP contribution < -0.4 is 5.73 Å². The molecule has 142 valence electrons. The van der Waals surface area contributed by atoms with E-state index >= 15 is 0 Å². The highest BCUT2D eigenvalue weighted by Crippen LogP contribution is 2.45. The molecule has 1 aliphatic carbocycles. The molecule has 2 heterocycles. The molecular formula is C22H26N2O2S. The normalized spacial score (nSPS) is 15.0. The van der Waals surface area contributed by atoms with Gasteiger partial charge in [0, 0.05) is 39.9 Å². The number of carbonyl (C=O) groups is 1. The van der Waals surface area contributed by atoms with E-state index in [1.807, 2.05) is 18.2 Å². The predicted octanol–water partition coefficient (Wildman–Crippen LogP) is 4.36. The van der Waals surface area contributed by atoms with Crippen LogP contribution in [-0.2, 0) is 19.4 Å². The van der Waals surface area contributed by atoms with Crippen molar-refractivity contribution in [2.75, 3.05) is 7.11 Å². The van der Waals surface area contributed by atoms with Crippen LogP contribution in [0.25, 0.3) is 21.3 Å². The molecule has 2 aromatic heterocycles. The Morgan fingerprint density at radius 2 is 2.04 bits per heavy atom. The summed E-state index contributed by atoms with van der Waals surface area (Å²) < 4.78 is 0. The van der Waals surface area contributed by atoms with Gasteiger partial charge in [-0.1, -0.05) is 32.0 Å². The van der Waals surface area contributed by atoms with E-state index in [9.17, 15) is 4.79 Å². The number of aliphatic hydroxyl groups is 1. The molecular weight excluding hydrogens is 356 g/mol. The van der Waals surface area contributed by atoms with E-state index in [4.69, 9.17) is 15.8 Å². The minimum atomic E-state index is 0.251. The number of fused-ring (bicyclic) bond motifs is 2. The lowest BCUT2D eigenvalue weighted by Crippen LogP contribution is -2.21. The zero-order chi connectivity index (χ0) is 19.6. The Hall–Kier alpha value is -2.08. The van der Waals surface area contributed by atoms with Crippen molar-refractivity contribution in [1.82, 2.24) is 4.98 Å². The Bertz CT molecular complexity index is 976. The fraction of sp³-hybridized carbons (Fsp3) is 0.364. The molecule has 4 rings (SSSR count). The molecule has 0 amide bonds. The third-order valence-electron chi connectivity index (χ3n) is 5.17. The smallest absolute Gasteiger partial charge is 0.151 e. The Morgan fingerprint density at radius 3 is 2.74 bits per heavy atom. The van der Waals surface area contributed by atoms with Crippen LogP contribution in [0.5, 0.6) is 0 Å². The van der Waals surface area contributed by atoms with Crippen molar-refractivity contribution in [2.45, 2.75) is 39.7 Å². The van der Waals surface area contributed by atoms with E-state index in [2.05, 4.69) is 26.0 Å². The van der Waals surface area contributed by atoms with Gasteiger partial charge in [0.2, 0.25) is 0 Å². The largest absolute Gasteiger partial charge is 0.400 e. The molecule has 0 unspecified atom stereocenters. The van der Waals surface area contributed by atoms with Crippen molar-refractivity contribution >= 4 is 28.5 Å². The highest BCUT2D eigenvalue weighted by molar-refractivity contribution is 7.16. The number of rotatable bonds is 3. The molecule has 0 aliphatic heterocycles. The molecule has 3 N–H and O–H groups in total. The predicted molar refractivity (Wildman–Crippen MR) is 112 cm³/mol. The van der Waals surface area contributed by atoms with Gasteiger partial charge in [0.05, 0.1) is 11.2 Å². The van der Waals surface area contributed by atoms with E-state index < -0.39 is 0 Å². The van der Waals surface area contributed by atoms with Gasteiger partial charge in [-0.15, -0.1) is 11.3 Å². The molecule has 1 aromatic carbocycles. The zero-order valence-electron chi connectivity index (χ0n) is 16.1. The molecule has 0 radical (unpaired) electrons. The molecule has 27 heavy (non-hydrogen) atoms. The summed E-state index contributed by atoms with van der Waals surface area (Å²) >= 11 is 1.75. The standard InChI is InChI=1S/C21H22N2OS.CH4O/c1-21(2)8-7-19-15(10-21)16(12-24)20(25-19)14-9-13-5-3-4-6-17(13)23-18(14)11-22;1-2/h3-6,9,12H,7-8,10-11,22H2,1-2H3;2H,1H3. The summed E-state index contributed by atoms with van der Waals surface area (Å²) in [6.45, 7) is 4.93. The number of aldehydes is 1. The molecule has 0 spiro atoms. The second kappa shape index (κ2) is 7.89. The van der Waals surface area contributed by atoms with Gasteiger partial charge in [-0.05, 0) is 42.4 Å². The van der Waals surface area contributed by atoms with E-state index in [1.165, 1.54) is 10.4 Å². The van der Waals surface area contributed by atoms with Crippen LogP contribution in [0.1, 0.15) is 46.8 Å². The average molecular weight is 383 g/mol. The summed E-state index contributed by atoms with van der Waals surface area (Å²) in [5.41, 5.74) is 11.1. The lowest BCUT2D eigenvalue weighted by molar-refractivity contribution is 0.112. The minimum Gasteiger partial charge on any atom is -0.400 e. The first-order valence-electron chi connectivity index (χ1n) is 9.16. The maximum absolute atomic E-state index is 12.0. The van der Waals surface area contributed by atoms with Crippen molar-refractivity contribution in [3.8, 4) is 10.4 Å². The Kier molecular flexibility index (Phi) is 5.75. The second-order valence-corrected chi connectivity index (χ2v) is 8.69. The molecule has 0 saturated heterocycles. The number of nitrogens with zero attached hydrogens (tertiary/aromatic N) is 1. The number of pyridine rings is 1. The van der Waals surface area contributed by atoms with Crippen molar-refractivity contribution in [2.24, 2.45) is 11.1 Å². The maximum Gasteiger partial charge on any atom is 0.151 e. The molecule has 1 aliphatic rings. The summed E-state index contributed by atoms with van der Waals surface area (Å²) in [6.07, 6.45) is 4.21. The van der Waals surface area contributed by atoms with E-state index in [1.54, 1.807) is 11.3 Å². The van der Waals surface area contributed by atoms with Crippen LogP contribution in [0, 0.1) is 5.41 Å². The fourth-order valence-electron chi connectivity index (χ4n) is 3.77. The van der Waals surface area contributed by atoms with E-state index in [0.717, 1.165) is 65.3 Å². The number of para-hydroxylation sites is 1. The van der Waals surface area contributed by atoms with E-state index in [-0.39, 0.29) is 5.41 Å². The van der Waals surface area contributed by atoms with Crippen molar-refractivity contribution in [3.63, 3.8) is 0 Å². The third kappa shape index (κ3) is 3.68. The minimum absolute atomic E-state index is 0.251. The van der Waals surface area contributed by atoms with Gasteiger partial charge in [-0.25, -0.2) is 0 Å². The summed E-state index contributed by atoms with van der Waals surface area (Å²) in [6, 6.07) is 10.2. The lowest BCUT2D eigenvalue weighted by atomic mass is 9.76. The lowest BCUT2D eigenvalue weighted by Gasteiger charge is -2.29. The number of hydrogen-bond acceptors (Lipinski definition) is 5. The summed E-state index contributed by atoms with van der Waals surface area (Å²) in [7, 11) is 1.00. The Morgan fingerprint density at radius 1 is 1.30 bits per heavy atom. The number of hydrogen-bond donors (Lipinski definition) is 2. The number of nitrogens with two attached hydrogens (primary N) is 1. The number of thiophene rings is 1. The maximum atomic E-state index is 12.0. The van der Waals surface area contributed by atoms with Gasteiger partial charge in [0.15, 0.2) is 6.29 Å². The Balaban J connectivity index is 0.00000102. The Labute approximate surface area is 164 Å². The number of aliphatic hydroxyl groups excluding tert-OH is 1. The number of carbonyl (C=O) groups excluding carboxylic acids is 1. The number of benzene rings is 1. The van der Waals surface area contributed by atoms with Crippen LogP contribution in [0.4, 0.5) is 0 Å². The fourth-order valence-corrected chi connectivity index (χ4v) is 5.10. The second-order valence-electron chi connectivity index (χ2n) is 7.58. The van der Waals surface area contributed by atoms with Gasteiger partial charge in [-0.2, -0.15) is 0 Å². The monoisotopic (exact) mass is 382 g/mol. The number of aryl methyl sites for hydroxylation is 1. The number of aromatic nitrogens is 1. The molecule has 0 saturated carbocycles. The summed E-state index contributed by atoms with van der Waals surface area (Å²) in [4.78, 5) is 19.1. The van der Waals surface area contributed by atoms with Gasteiger partial charge < -0.3 is 10.8 Å². The van der Waals surface area contributed by atoms with Gasteiger partial charge in [0.25, 0.3) is 0 Å². The van der Waals surface area contributed by atoms with Crippen molar-refractivity contribution in [3.05, 3.63) is 52.0 Å². The highest BCUT2D eigenvalue weighted by Gasteiger charge is 2.31. The summed E-state index contributed by atoms with van der Waals surface area (Å²) in [5, 5.41) is 8.08. The first-order chi connectivity index (χ1) is 13.0. The highest BCUT2D eigenvalue weighted by atomic mass is 32.1. The van der Waals surface area contributed by atoms with Crippen LogP contribution in [0.15, 0.2) is 30.3 Å². The molecule has 3 aromatic rings. The molecule has 0 bridgehead atoms. The van der Waals surface area contributed by atoms with Crippen LogP contribution in [-0.4, -0.2) is 23.5 Å². The third-order valence-corrected chi connectivity index (χ3v) is 6.52. The quantitative estimate of drug-likeness (QED) is 0.660. The topological polar surface area (TPSA) is 76.2 Å². The summed E-state index contributed by atoms with van der Waals surface area (Å²) in [5.74, 6) is 0. The van der Waals surface area contributed by atoms with Gasteiger partial charge in [0.1, 0.15) is 0 Å². The first kappa shape index (κ1) is 19.7. The molecule has 0 fully saturated rings. The van der Waals surface area contributed by atoms with Crippen LogP contribution >= 0.6 is 11.3 Å². The average Bonchev–Trinajstić information content (AvgIpc) is 3.04. The van der Waals surface area contributed by atoms with E-state index in [0.29, 0.717) is 6.54 Å². The first-order valence-corrected chi connectivity index (χ1v) is 9.97. The van der Waals surface area contributed by atoms with Crippen LogP contribution in [0.3, 0.4) is 0 Å². The van der Waals surface area contributed by atoms with Gasteiger partial charge in [-0.3, -0.25) is 9.78 Å². The zero-order valence-corrected chi connectivity index (χ0v) is 16.9. The van der Waals surface area contributed by atoms with Crippen molar-refractivity contribution < 1.29 is 9.90 Å². The molecule has 0 atom stereocenters.